The largest absolute Gasteiger partial charge is 0.477 e. The van der Waals surface area contributed by atoms with Crippen molar-refractivity contribution in [3.63, 3.8) is 0 Å². The summed E-state index contributed by atoms with van der Waals surface area (Å²) in [6.07, 6.45) is 1.49. The van der Waals surface area contributed by atoms with Gasteiger partial charge in [0.05, 0.1) is 11.6 Å². The van der Waals surface area contributed by atoms with Crippen LogP contribution in [0.1, 0.15) is 16.1 Å². The van der Waals surface area contributed by atoms with Crippen LogP contribution in [0, 0.1) is 5.92 Å². The van der Waals surface area contributed by atoms with Gasteiger partial charge in [0.1, 0.15) is 10.6 Å². The fourth-order valence-electron chi connectivity index (χ4n) is 2.75. The van der Waals surface area contributed by atoms with E-state index in [-0.39, 0.29) is 17.1 Å². The number of aromatic amines is 1. The van der Waals surface area contributed by atoms with E-state index in [0.717, 1.165) is 16.6 Å². The first-order chi connectivity index (χ1) is 11.3. The molecule has 1 atom stereocenters. The van der Waals surface area contributed by atoms with Crippen molar-refractivity contribution in [3.8, 4) is 0 Å². The SMILES string of the molecule is NC(=O)[C@@H]1Cc2ccccc2N(S(=O)(=O)c2c[nH]c(C(=O)O)c2)C1. The maximum absolute atomic E-state index is 12.9. The Kier molecular flexibility index (Phi) is 3.80. The number of hydrogen-bond donors (Lipinski definition) is 3. The van der Waals surface area contributed by atoms with Gasteiger partial charge >= 0.3 is 5.97 Å². The first-order valence-corrected chi connectivity index (χ1v) is 8.56. The number of para-hydroxylation sites is 1. The van der Waals surface area contributed by atoms with E-state index in [2.05, 4.69) is 4.98 Å². The number of nitrogens with one attached hydrogen (secondary N) is 1. The van der Waals surface area contributed by atoms with Gasteiger partial charge in [-0.25, -0.2) is 13.2 Å². The molecular weight excluding hydrogens is 334 g/mol. The Labute approximate surface area is 137 Å². The molecule has 1 aliphatic heterocycles. The fraction of sp³-hybridized carbons (Fsp3) is 0.200. The summed E-state index contributed by atoms with van der Waals surface area (Å²) >= 11 is 0. The number of fused-ring (bicyclic) bond motifs is 1. The van der Waals surface area contributed by atoms with Crippen LogP contribution in [0.2, 0.25) is 0 Å². The van der Waals surface area contributed by atoms with Crippen LogP contribution in [-0.2, 0) is 21.2 Å². The van der Waals surface area contributed by atoms with Gasteiger partial charge in [0.15, 0.2) is 0 Å². The number of carbonyl (C=O) groups is 2. The van der Waals surface area contributed by atoms with Crippen molar-refractivity contribution in [2.75, 3.05) is 10.8 Å². The van der Waals surface area contributed by atoms with Crippen molar-refractivity contribution in [2.45, 2.75) is 11.3 Å². The monoisotopic (exact) mass is 349 g/mol. The quantitative estimate of drug-likeness (QED) is 0.742. The number of hydrogen-bond acceptors (Lipinski definition) is 4. The number of rotatable bonds is 4. The molecule has 0 bridgehead atoms. The van der Waals surface area contributed by atoms with Gasteiger partial charge in [-0.2, -0.15) is 0 Å². The van der Waals surface area contributed by atoms with Gasteiger partial charge in [0.25, 0.3) is 10.0 Å². The first kappa shape index (κ1) is 16.1. The molecule has 0 fully saturated rings. The maximum Gasteiger partial charge on any atom is 0.352 e. The number of primary amides is 1. The molecule has 9 heteroatoms. The van der Waals surface area contributed by atoms with E-state index >= 15 is 0 Å². The summed E-state index contributed by atoms with van der Waals surface area (Å²) in [4.78, 5) is 24.8. The Morgan fingerprint density at radius 3 is 2.62 bits per heavy atom. The number of amides is 1. The molecule has 126 valence electrons. The number of benzene rings is 1. The average molecular weight is 349 g/mol. The highest BCUT2D eigenvalue weighted by Gasteiger charge is 2.35. The van der Waals surface area contributed by atoms with Crippen molar-refractivity contribution >= 4 is 27.6 Å². The van der Waals surface area contributed by atoms with Gasteiger partial charge < -0.3 is 15.8 Å². The molecule has 0 radical (unpaired) electrons. The van der Waals surface area contributed by atoms with Gasteiger partial charge in [-0.05, 0) is 24.1 Å². The molecule has 2 aromatic rings. The Hall–Kier alpha value is -2.81. The molecule has 2 heterocycles. The molecule has 1 aliphatic rings. The van der Waals surface area contributed by atoms with Crippen LogP contribution in [-0.4, -0.2) is 36.9 Å². The highest BCUT2D eigenvalue weighted by atomic mass is 32.2. The number of H-pyrrole nitrogens is 1. The fourth-order valence-corrected chi connectivity index (χ4v) is 4.29. The molecule has 0 saturated heterocycles. The van der Waals surface area contributed by atoms with E-state index < -0.39 is 27.8 Å². The van der Waals surface area contributed by atoms with E-state index in [1.165, 1.54) is 0 Å². The normalized spacial score (nSPS) is 17.3. The van der Waals surface area contributed by atoms with Crippen molar-refractivity contribution in [1.82, 2.24) is 4.98 Å². The van der Waals surface area contributed by atoms with E-state index in [1.54, 1.807) is 24.3 Å². The van der Waals surface area contributed by atoms with Crippen molar-refractivity contribution in [1.29, 1.82) is 0 Å². The lowest BCUT2D eigenvalue weighted by Crippen LogP contribution is -2.44. The number of nitrogens with zero attached hydrogens (tertiary/aromatic N) is 1. The van der Waals surface area contributed by atoms with Crippen molar-refractivity contribution in [3.05, 3.63) is 47.8 Å². The molecule has 3 rings (SSSR count). The van der Waals surface area contributed by atoms with Crippen LogP contribution in [0.3, 0.4) is 0 Å². The number of sulfonamides is 1. The number of aromatic carboxylic acids is 1. The Balaban J connectivity index is 2.08. The van der Waals surface area contributed by atoms with Gasteiger partial charge in [-0.15, -0.1) is 0 Å². The highest BCUT2D eigenvalue weighted by molar-refractivity contribution is 7.92. The molecule has 1 aromatic carbocycles. The number of anilines is 1. The zero-order valence-corrected chi connectivity index (χ0v) is 13.3. The number of carboxylic acid groups (broad SMARTS) is 1. The Morgan fingerprint density at radius 1 is 1.29 bits per heavy atom. The number of carbonyl (C=O) groups excluding carboxylic acids is 1. The van der Waals surface area contributed by atoms with E-state index in [4.69, 9.17) is 10.8 Å². The summed E-state index contributed by atoms with van der Waals surface area (Å²) in [7, 11) is -4.02. The van der Waals surface area contributed by atoms with E-state index in [1.807, 2.05) is 0 Å². The average Bonchev–Trinajstić information content (AvgIpc) is 3.04. The smallest absolute Gasteiger partial charge is 0.352 e. The third-order valence-electron chi connectivity index (χ3n) is 3.99. The van der Waals surface area contributed by atoms with Crippen LogP contribution >= 0.6 is 0 Å². The minimum atomic E-state index is -4.02. The minimum Gasteiger partial charge on any atom is -0.477 e. The van der Waals surface area contributed by atoms with Gasteiger partial charge in [-0.1, -0.05) is 18.2 Å². The van der Waals surface area contributed by atoms with E-state index in [9.17, 15) is 18.0 Å². The topological polar surface area (TPSA) is 134 Å². The van der Waals surface area contributed by atoms with Crippen molar-refractivity contribution in [2.24, 2.45) is 11.7 Å². The summed E-state index contributed by atoms with van der Waals surface area (Å²) in [5.41, 5.74) is 6.30. The molecule has 1 amide bonds. The molecule has 1 aromatic heterocycles. The molecular formula is C15H15N3O5S. The predicted molar refractivity (Wildman–Crippen MR) is 85.1 cm³/mol. The zero-order chi connectivity index (χ0) is 17.5. The zero-order valence-electron chi connectivity index (χ0n) is 12.5. The lowest BCUT2D eigenvalue weighted by atomic mass is 9.93. The van der Waals surface area contributed by atoms with Crippen LogP contribution < -0.4 is 10.0 Å². The molecule has 4 N–H and O–H groups in total. The predicted octanol–water partition coefficient (Wildman–Crippen LogP) is 0.566. The minimum absolute atomic E-state index is 0.0811. The molecule has 0 spiro atoms. The molecule has 0 saturated carbocycles. The Morgan fingerprint density at radius 2 is 2.00 bits per heavy atom. The maximum atomic E-state index is 12.9. The first-order valence-electron chi connectivity index (χ1n) is 7.12. The third kappa shape index (κ3) is 2.62. The summed E-state index contributed by atoms with van der Waals surface area (Å²) in [5, 5.41) is 8.95. The van der Waals surface area contributed by atoms with Crippen LogP contribution in [0.15, 0.2) is 41.4 Å². The lowest BCUT2D eigenvalue weighted by Gasteiger charge is -2.33. The summed E-state index contributed by atoms with van der Waals surface area (Å²) in [5.74, 6) is -2.48. The second kappa shape index (κ2) is 5.68. The molecule has 24 heavy (non-hydrogen) atoms. The second-order valence-corrected chi connectivity index (χ2v) is 7.38. The number of carboxylic acids is 1. The standard InChI is InChI=1S/C15H15N3O5S/c16-14(19)10-5-9-3-1-2-4-13(9)18(8-10)24(22,23)11-6-12(15(20)21)17-7-11/h1-4,6-7,10,17H,5,8H2,(H2,16,19)(H,20,21)/t10-/m1/s1. The van der Waals surface area contributed by atoms with Gasteiger partial charge in [0, 0.05) is 12.7 Å². The molecule has 0 unspecified atom stereocenters. The van der Waals surface area contributed by atoms with Crippen molar-refractivity contribution < 1.29 is 23.1 Å². The summed E-state index contributed by atoms with van der Waals surface area (Å²) in [6.45, 7) is -0.0811. The number of aromatic nitrogens is 1. The Bertz CT molecular complexity index is 919. The summed E-state index contributed by atoms with van der Waals surface area (Å²) in [6, 6.07) is 7.90. The van der Waals surface area contributed by atoms with Gasteiger partial charge in [-0.3, -0.25) is 9.10 Å². The molecule has 8 nitrogen and oxygen atoms in total. The number of nitrogens with two attached hydrogens (primary N) is 1. The second-order valence-electron chi connectivity index (χ2n) is 5.52. The third-order valence-corrected chi connectivity index (χ3v) is 5.75. The highest BCUT2D eigenvalue weighted by Crippen LogP contribution is 2.34. The van der Waals surface area contributed by atoms with Crippen LogP contribution in [0.4, 0.5) is 5.69 Å². The van der Waals surface area contributed by atoms with Gasteiger partial charge in [0.2, 0.25) is 5.91 Å². The lowest BCUT2D eigenvalue weighted by molar-refractivity contribution is -0.121. The van der Waals surface area contributed by atoms with Crippen LogP contribution in [0.25, 0.3) is 0 Å². The van der Waals surface area contributed by atoms with E-state index in [0.29, 0.717) is 17.7 Å². The van der Waals surface area contributed by atoms with Crippen LogP contribution in [0.5, 0.6) is 0 Å². The summed E-state index contributed by atoms with van der Waals surface area (Å²) < 4.78 is 26.9. The molecule has 0 aliphatic carbocycles.